The first-order valence-corrected chi connectivity index (χ1v) is 11.6. The van der Waals surface area contributed by atoms with Crippen LogP contribution in [0.15, 0.2) is 73.2 Å². The smallest absolute Gasteiger partial charge is 0.258 e. The lowest BCUT2D eigenvalue weighted by Crippen LogP contribution is -2.26. The third-order valence-electron chi connectivity index (χ3n) is 5.94. The molecular formula is C27H26N6O2. The van der Waals surface area contributed by atoms with Gasteiger partial charge in [-0.3, -0.25) is 14.8 Å². The van der Waals surface area contributed by atoms with Crippen LogP contribution in [0.1, 0.15) is 45.9 Å². The van der Waals surface area contributed by atoms with Crippen LogP contribution in [0.4, 0.5) is 11.6 Å². The number of amides is 1. The molecule has 8 nitrogen and oxygen atoms in total. The molecule has 5 rings (SSSR count). The molecule has 1 unspecified atom stereocenters. The molecule has 1 aliphatic rings. The van der Waals surface area contributed by atoms with Crippen molar-refractivity contribution in [3.63, 3.8) is 0 Å². The van der Waals surface area contributed by atoms with E-state index in [-0.39, 0.29) is 30.0 Å². The van der Waals surface area contributed by atoms with Gasteiger partial charge in [-0.15, -0.1) is 0 Å². The van der Waals surface area contributed by atoms with Gasteiger partial charge < -0.3 is 15.0 Å². The fourth-order valence-corrected chi connectivity index (χ4v) is 4.02. The summed E-state index contributed by atoms with van der Waals surface area (Å²) in [5.74, 6) is 0.408. The van der Waals surface area contributed by atoms with Crippen molar-refractivity contribution in [3.05, 3.63) is 101 Å². The number of hydrogen-bond donors (Lipinski definition) is 1. The summed E-state index contributed by atoms with van der Waals surface area (Å²) in [6.45, 7) is 4.81. The maximum atomic E-state index is 13.1. The zero-order valence-electron chi connectivity index (χ0n) is 19.7. The van der Waals surface area contributed by atoms with Crippen LogP contribution >= 0.6 is 0 Å². The third-order valence-corrected chi connectivity index (χ3v) is 5.94. The van der Waals surface area contributed by atoms with Crippen LogP contribution in [0, 0.1) is 6.92 Å². The SMILES string of the molecule is Cc1cnc(CNC(=O)c2cnc(N3CCc4ccccc43)nc2OC(C)c2ccccc2)cn1. The number of aromatic nitrogens is 4. The Morgan fingerprint density at radius 1 is 1.03 bits per heavy atom. The Hall–Kier alpha value is -4.33. The highest BCUT2D eigenvalue weighted by Gasteiger charge is 2.25. The lowest BCUT2D eigenvalue weighted by molar-refractivity contribution is 0.0941. The van der Waals surface area contributed by atoms with E-state index >= 15 is 0 Å². The maximum Gasteiger partial charge on any atom is 0.258 e. The average molecular weight is 467 g/mol. The molecule has 35 heavy (non-hydrogen) atoms. The van der Waals surface area contributed by atoms with Gasteiger partial charge >= 0.3 is 0 Å². The summed E-state index contributed by atoms with van der Waals surface area (Å²) >= 11 is 0. The minimum absolute atomic E-state index is 0.237. The van der Waals surface area contributed by atoms with E-state index in [0.29, 0.717) is 11.6 Å². The van der Waals surface area contributed by atoms with E-state index in [1.165, 1.54) is 11.8 Å². The Labute approximate surface area is 204 Å². The Morgan fingerprint density at radius 2 is 1.83 bits per heavy atom. The largest absolute Gasteiger partial charge is 0.469 e. The van der Waals surface area contributed by atoms with Gasteiger partial charge in [-0.1, -0.05) is 48.5 Å². The molecule has 0 saturated carbocycles. The van der Waals surface area contributed by atoms with Crippen molar-refractivity contribution in [2.45, 2.75) is 32.9 Å². The van der Waals surface area contributed by atoms with Crippen molar-refractivity contribution in [2.75, 3.05) is 11.4 Å². The third kappa shape index (κ3) is 4.96. The van der Waals surface area contributed by atoms with Crippen molar-refractivity contribution >= 4 is 17.5 Å². The van der Waals surface area contributed by atoms with Gasteiger partial charge in [0.2, 0.25) is 11.8 Å². The number of ether oxygens (including phenoxy) is 1. The first kappa shape index (κ1) is 22.5. The van der Waals surface area contributed by atoms with E-state index in [0.717, 1.165) is 29.9 Å². The van der Waals surface area contributed by atoms with Crippen LogP contribution in [0.5, 0.6) is 5.88 Å². The van der Waals surface area contributed by atoms with E-state index in [1.54, 1.807) is 12.4 Å². The number of para-hydroxylation sites is 1. The second-order valence-electron chi connectivity index (χ2n) is 8.42. The highest BCUT2D eigenvalue weighted by Crippen LogP contribution is 2.34. The van der Waals surface area contributed by atoms with Crippen molar-refractivity contribution in [3.8, 4) is 5.88 Å². The minimum atomic E-state index is -0.337. The van der Waals surface area contributed by atoms with E-state index in [1.807, 2.05) is 56.3 Å². The molecule has 4 aromatic rings. The first-order valence-electron chi connectivity index (χ1n) is 11.6. The average Bonchev–Trinajstić information content (AvgIpc) is 3.33. The Morgan fingerprint density at radius 3 is 2.63 bits per heavy atom. The Balaban J connectivity index is 1.43. The Bertz CT molecular complexity index is 1330. The van der Waals surface area contributed by atoms with Crippen LogP contribution in [0.3, 0.4) is 0 Å². The molecule has 8 heteroatoms. The molecule has 2 aromatic carbocycles. The van der Waals surface area contributed by atoms with Gasteiger partial charge in [-0.05, 0) is 37.5 Å². The summed E-state index contributed by atoms with van der Waals surface area (Å²) in [7, 11) is 0. The number of benzene rings is 2. The number of nitrogens with zero attached hydrogens (tertiary/aromatic N) is 5. The van der Waals surface area contributed by atoms with Crippen LogP contribution in [-0.2, 0) is 13.0 Å². The summed E-state index contributed by atoms with van der Waals surface area (Å²) in [4.78, 5) is 32.9. The summed E-state index contributed by atoms with van der Waals surface area (Å²) < 4.78 is 6.24. The molecule has 1 aliphatic heterocycles. The number of anilines is 2. The molecule has 0 aliphatic carbocycles. The van der Waals surface area contributed by atoms with Gasteiger partial charge in [0.15, 0.2) is 0 Å². The highest BCUT2D eigenvalue weighted by molar-refractivity contribution is 5.96. The number of nitrogens with one attached hydrogen (secondary N) is 1. The van der Waals surface area contributed by atoms with E-state index < -0.39 is 0 Å². The topological polar surface area (TPSA) is 93.1 Å². The minimum Gasteiger partial charge on any atom is -0.469 e. The quantitative estimate of drug-likeness (QED) is 0.433. The van der Waals surface area contributed by atoms with Gasteiger partial charge in [-0.2, -0.15) is 4.98 Å². The number of carbonyl (C=O) groups is 1. The molecule has 1 N–H and O–H groups in total. The summed E-state index contributed by atoms with van der Waals surface area (Å²) in [5, 5.41) is 2.88. The van der Waals surface area contributed by atoms with E-state index in [9.17, 15) is 4.79 Å². The Kier molecular flexibility index (Phi) is 6.34. The van der Waals surface area contributed by atoms with Crippen LogP contribution in [-0.4, -0.2) is 32.4 Å². The van der Waals surface area contributed by atoms with Gasteiger partial charge in [0, 0.05) is 24.6 Å². The van der Waals surface area contributed by atoms with Gasteiger partial charge in [-0.25, -0.2) is 4.98 Å². The van der Waals surface area contributed by atoms with Gasteiger partial charge in [0.25, 0.3) is 5.91 Å². The highest BCUT2D eigenvalue weighted by atomic mass is 16.5. The van der Waals surface area contributed by atoms with Gasteiger partial charge in [0.05, 0.1) is 24.1 Å². The van der Waals surface area contributed by atoms with Gasteiger partial charge in [0.1, 0.15) is 11.7 Å². The molecule has 3 heterocycles. The normalized spacial score (nSPS) is 13.3. The van der Waals surface area contributed by atoms with E-state index in [4.69, 9.17) is 9.72 Å². The molecule has 0 spiro atoms. The van der Waals surface area contributed by atoms with Crippen molar-refractivity contribution in [1.82, 2.24) is 25.3 Å². The number of hydrogen-bond acceptors (Lipinski definition) is 7. The molecule has 1 atom stereocenters. The standard InChI is InChI=1S/C27H26N6O2/c1-18-14-29-22(15-28-18)16-30-25(34)23-17-31-27(33-13-12-21-10-6-7-11-24(21)33)32-26(23)35-19(2)20-8-4-3-5-9-20/h3-11,14-15,17,19H,12-13,16H2,1-2H3,(H,30,34). The molecule has 0 saturated heterocycles. The van der Waals surface area contributed by atoms with Crippen molar-refractivity contribution < 1.29 is 9.53 Å². The monoisotopic (exact) mass is 466 g/mol. The molecule has 0 radical (unpaired) electrons. The van der Waals surface area contributed by atoms with Crippen LogP contribution in [0.25, 0.3) is 0 Å². The lowest BCUT2D eigenvalue weighted by atomic mass is 10.1. The first-order chi connectivity index (χ1) is 17.1. The fraction of sp³-hybridized carbons (Fsp3) is 0.222. The summed E-state index contributed by atoms with van der Waals surface area (Å²) in [5.41, 5.74) is 5.06. The van der Waals surface area contributed by atoms with Crippen LogP contribution in [0.2, 0.25) is 0 Å². The molecule has 0 bridgehead atoms. The number of carbonyl (C=O) groups excluding carboxylic acids is 1. The zero-order chi connectivity index (χ0) is 24.2. The fourth-order valence-electron chi connectivity index (χ4n) is 4.02. The second-order valence-corrected chi connectivity index (χ2v) is 8.42. The lowest BCUT2D eigenvalue weighted by Gasteiger charge is -2.21. The van der Waals surface area contributed by atoms with Crippen molar-refractivity contribution in [1.29, 1.82) is 0 Å². The molecule has 2 aromatic heterocycles. The van der Waals surface area contributed by atoms with Crippen molar-refractivity contribution in [2.24, 2.45) is 0 Å². The summed E-state index contributed by atoms with van der Waals surface area (Å²) in [6.07, 6.45) is 5.46. The number of rotatable bonds is 7. The van der Waals surface area contributed by atoms with Crippen LogP contribution < -0.4 is 15.0 Å². The second kappa shape index (κ2) is 9.89. The molecular weight excluding hydrogens is 440 g/mol. The predicted molar refractivity (Wildman–Crippen MR) is 133 cm³/mol. The predicted octanol–water partition coefficient (Wildman–Crippen LogP) is 4.34. The molecule has 0 fully saturated rings. The number of aryl methyl sites for hydroxylation is 1. The molecule has 1 amide bonds. The maximum absolute atomic E-state index is 13.1. The zero-order valence-corrected chi connectivity index (χ0v) is 19.7. The number of fused-ring (bicyclic) bond motifs is 1. The summed E-state index contributed by atoms with van der Waals surface area (Å²) in [6, 6.07) is 18.0. The molecule has 176 valence electrons. The van der Waals surface area contributed by atoms with E-state index in [2.05, 4.69) is 37.3 Å².